The highest BCUT2D eigenvalue weighted by Gasteiger charge is 2.33. The number of hydrogen-bond acceptors (Lipinski definition) is 3. The SMILES string of the molecule is Cc1nc(C2(C)CCCCO2)ncc1C(C)Cl. The molecule has 1 aromatic rings. The van der Waals surface area contributed by atoms with Crippen LogP contribution in [-0.4, -0.2) is 16.6 Å². The maximum absolute atomic E-state index is 6.07. The fourth-order valence-corrected chi connectivity index (χ4v) is 2.45. The Kier molecular flexibility index (Phi) is 3.69. The van der Waals surface area contributed by atoms with Crippen LogP contribution in [-0.2, 0) is 10.3 Å². The van der Waals surface area contributed by atoms with Gasteiger partial charge in [0.05, 0.1) is 5.38 Å². The molecule has 2 heterocycles. The van der Waals surface area contributed by atoms with Crippen LogP contribution in [0.5, 0.6) is 0 Å². The molecule has 1 aromatic heterocycles. The Balaban J connectivity index is 2.30. The molecule has 0 saturated carbocycles. The molecule has 2 unspecified atom stereocenters. The first-order valence-electron chi connectivity index (χ1n) is 6.15. The van der Waals surface area contributed by atoms with Crippen LogP contribution in [0.25, 0.3) is 0 Å². The summed E-state index contributed by atoms with van der Waals surface area (Å²) in [4.78, 5) is 9.00. The highest BCUT2D eigenvalue weighted by atomic mass is 35.5. The van der Waals surface area contributed by atoms with Gasteiger partial charge in [0, 0.05) is 24.1 Å². The number of rotatable bonds is 2. The second-order valence-corrected chi connectivity index (χ2v) is 5.54. The number of hydrogen-bond donors (Lipinski definition) is 0. The number of halogens is 1. The minimum absolute atomic E-state index is 0.0517. The van der Waals surface area contributed by atoms with Gasteiger partial charge in [-0.05, 0) is 40.0 Å². The summed E-state index contributed by atoms with van der Waals surface area (Å²) in [7, 11) is 0. The van der Waals surface area contributed by atoms with Crippen molar-refractivity contribution >= 4 is 11.6 Å². The van der Waals surface area contributed by atoms with Gasteiger partial charge in [0.25, 0.3) is 0 Å². The van der Waals surface area contributed by atoms with Gasteiger partial charge in [-0.1, -0.05) is 0 Å². The molecule has 0 bridgehead atoms. The molecule has 2 rings (SSSR count). The molecule has 1 saturated heterocycles. The summed E-state index contributed by atoms with van der Waals surface area (Å²) in [6.07, 6.45) is 5.12. The largest absolute Gasteiger partial charge is 0.367 e. The standard InChI is InChI=1S/C13H19ClN2O/c1-9(14)11-8-15-12(16-10(11)2)13(3)6-4-5-7-17-13/h8-9H,4-7H2,1-3H3. The highest BCUT2D eigenvalue weighted by molar-refractivity contribution is 6.20. The molecule has 2 atom stereocenters. The van der Waals surface area contributed by atoms with Gasteiger partial charge in [0.2, 0.25) is 0 Å². The van der Waals surface area contributed by atoms with Crippen LogP contribution in [0.2, 0.25) is 0 Å². The van der Waals surface area contributed by atoms with Gasteiger partial charge in [-0.25, -0.2) is 9.97 Å². The van der Waals surface area contributed by atoms with Crippen LogP contribution in [0, 0.1) is 6.92 Å². The number of aromatic nitrogens is 2. The summed E-state index contributed by atoms with van der Waals surface area (Å²) in [5.41, 5.74) is 1.62. The van der Waals surface area contributed by atoms with Gasteiger partial charge >= 0.3 is 0 Å². The lowest BCUT2D eigenvalue weighted by Gasteiger charge is -2.32. The summed E-state index contributed by atoms with van der Waals surface area (Å²) in [5, 5.41) is -0.0517. The lowest BCUT2D eigenvalue weighted by atomic mass is 9.95. The Morgan fingerprint density at radius 1 is 1.47 bits per heavy atom. The minimum Gasteiger partial charge on any atom is -0.367 e. The quantitative estimate of drug-likeness (QED) is 0.758. The van der Waals surface area contributed by atoms with E-state index in [1.807, 2.05) is 20.0 Å². The molecule has 4 heteroatoms. The van der Waals surface area contributed by atoms with Crippen molar-refractivity contribution in [2.75, 3.05) is 6.61 Å². The predicted molar refractivity (Wildman–Crippen MR) is 68.2 cm³/mol. The summed E-state index contributed by atoms with van der Waals surface area (Å²) in [6, 6.07) is 0. The molecule has 1 aliphatic heterocycles. The van der Waals surface area contributed by atoms with Crippen molar-refractivity contribution < 1.29 is 4.74 Å². The number of aryl methyl sites for hydroxylation is 1. The van der Waals surface area contributed by atoms with Crippen molar-refractivity contribution in [2.45, 2.75) is 51.0 Å². The Morgan fingerprint density at radius 2 is 2.24 bits per heavy atom. The van der Waals surface area contributed by atoms with Gasteiger partial charge in [0.15, 0.2) is 5.82 Å². The van der Waals surface area contributed by atoms with E-state index < -0.39 is 0 Å². The van der Waals surface area contributed by atoms with Gasteiger partial charge in [-0.3, -0.25) is 0 Å². The van der Waals surface area contributed by atoms with Crippen molar-refractivity contribution in [1.29, 1.82) is 0 Å². The molecular formula is C13H19ClN2O. The topological polar surface area (TPSA) is 35.0 Å². The van der Waals surface area contributed by atoms with Crippen molar-refractivity contribution in [2.24, 2.45) is 0 Å². The molecule has 0 radical (unpaired) electrons. The molecule has 0 aromatic carbocycles. The molecule has 94 valence electrons. The summed E-state index contributed by atoms with van der Waals surface area (Å²) < 4.78 is 5.85. The van der Waals surface area contributed by atoms with Crippen molar-refractivity contribution in [1.82, 2.24) is 9.97 Å². The van der Waals surface area contributed by atoms with E-state index in [0.717, 1.165) is 36.5 Å². The Labute approximate surface area is 108 Å². The maximum atomic E-state index is 6.07. The van der Waals surface area contributed by atoms with Gasteiger partial charge in [-0.15, -0.1) is 11.6 Å². The summed E-state index contributed by atoms with van der Waals surface area (Å²) >= 11 is 6.07. The van der Waals surface area contributed by atoms with Crippen LogP contribution in [0.4, 0.5) is 0 Å². The van der Waals surface area contributed by atoms with Gasteiger partial charge in [0.1, 0.15) is 5.60 Å². The van der Waals surface area contributed by atoms with Crippen molar-refractivity contribution in [3.05, 3.63) is 23.3 Å². The van der Waals surface area contributed by atoms with Crippen LogP contribution < -0.4 is 0 Å². The highest BCUT2D eigenvalue weighted by Crippen LogP contribution is 2.33. The second-order valence-electron chi connectivity index (χ2n) is 4.89. The molecule has 0 amide bonds. The molecule has 0 spiro atoms. The molecule has 0 N–H and O–H groups in total. The third-order valence-electron chi connectivity index (χ3n) is 3.39. The number of ether oxygens (including phenoxy) is 1. The zero-order valence-electron chi connectivity index (χ0n) is 10.7. The lowest BCUT2D eigenvalue weighted by molar-refractivity contribution is -0.0761. The van der Waals surface area contributed by atoms with Crippen LogP contribution in [0.1, 0.15) is 55.6 Å². The third-order valence-corrected chi connectivity index (χ3v) is 3.62. The van der Waals surface area contributed by atoms with E-state index in [9.17, 15) is 0 Å². The zero-order valence-corrected chi connectivity index (χ0v) is 11.4. The first kappa shape index (κ1) is 12.8. The van der Waals surface area contributed by atoms with Crippen LogP contribution >= 0.6 is 11.6 Å². The van der Waals surface area contributed by atoms with E-state index in [1.54, 1.807) is 0 Å². The smallest absolute Gasteiger partial charge is 0.160 e. The molecule has 0 aliphatic carbocycles. The third kappa shape index (κ3) is 2.61. The number of alkyl halides is 1. The van der Waals surface area contributed by atoms with E-state index in [-0.39, 0.29) is 11.0 Å². The molecule has 3 nitrogen and oxygen atoms in total. The predicted octanol–water partition coefficient (Wildman–Crippen LogP) is 3.50. The molecule has 1 fully saturated rings. The normalized spacial score (nSPS) is 26.8. The molecular weight excluding hydrogens is 236 g/mol. The van der Waals surface area contributed by atoms with E-state index in [0.29, 0.717) is 0 Å². The lowest BCUT2D eigenvalue weighted by Crippen LogP contribution is -2.32. The van der Waals surface area contributed by atoms with Crippen molar-refractivity contribution in [3.63, 3.8) is 0 Å². The number of nitrogens with zero attached hydrogens (tertiary/aromatic N) is 2. The molecule has 1 aliphatic rings. The Morgan fingerprint density at radius 3 is 2.76 bits per heavy atom. The summed E-state index contributed by atoms with van der Waals surface area (Å²) in [6.45, 7) is 6.79. The van der Waals surface area contributed by atoms with E-state index >= 15 is 0 Å². The monoisotopic (exact) mass is 254 g/mol. The van der Waals surface area contributed by atoms with Crippen molar-refractivity contribution in [3.8, 4) is 0 Å². The Hall–Kier alpha value is -0.670. The Bertz CT molecular complexity index is 400. The maximum Gasteiger partial charge on any atom is 0.160 e. The average molecular weight is 255 g/mol. The van der Waals surface area contributed by atoms with E-state index in [4.69, 9.17) is 16.3 Å². The summed E-state index contributed by atoms with van der Waals surface area (Å²) in [5.74, 6) is 0.788. The van der Waals surface area contributed by atoms with Crippen LogP contribution in [0.3, 0.4) is 0 Å². The molecule has 17 heavy (non-hydrogen) atoms. The fourth-order valence-electron chi connectivity index (χ4n) is 2.23. The second kappa shape index (κ2) is 4.91. The zero-order chi connectivity index (χ0) is 12.5. The first-order chi connectivity index (χ1) is 8.03. The van der Waals surface area contributed by atoms with Gasteiger partial charge in [-0.2, -0.15) is 0 Å². The van der Waals surface area contributed by atoms with E-state index in [1.165, 1.54) is 6.42 Å². The first-order valence-corrected chi connectivity index (χ1v) is 6.58. The van der Waals surface area contributed by atoms with Gasteiger partial charge < -0.3 is 4.74 Å². The minimum atomic E-state index is -0.322. The van der Waals surface area contributed by atoms with E-state index in [2.05, 4.69) is 16.9 Å². The average Bonchev–Trinajstić information content (AvgIpc) is 2.29. The van der Waals surface area contributed by atoms with Crippen LogP contribution in [0.15, 0.2) is 6.20 Å². The fraction of sp³-hybridized carbons (Fsp3) is 0.692.